The minimum absolute atomic E-state index is 0.00214. The van der Waals surface area contributed by atoms with E-state index in [4.69, 9.17) is 0 Å². The summed E-state index contributed by atoms with van der Waals surface area (Å²) in [4.78, 5) is 3.90. The van der Waals surface area contributed by atoms with Gasteiger partial charge < -0.3 is 0 Å². The lowest BCUT2D eigenvalue weighted by atomic mass is 10.3. The number of aromatic nitrogens is 3. The van der Waals surface area contributed by atoms with Crippen LogP contribution >= 0.6 is 0 Å². The van der Waals surface area contributed by atoms with Gasteiger partial charge in [0.15, 0.2) is 0 Å². The van der Waals surface area contributed by atoms with Crippen LogP contribution in [-0.2, 0) is 16.6 Å². The Kier molecular flexibility index (Phi) is 4.41. The topological polar surface area (TPSA) is 68.1 Å². The van der Waals surface area contributed by atoms with Gasteiger partial charge in [-0.3, -0.25) is 4.98 Å². The minimum Gasteiger partial charge on any atom is -0.265 e. The van der Waals surface area contributed by atoms with Crippen molar-refractivity contribution in [1.82, 2.24) is 19.1 Å². The zero-order chi connectivity index (χ0) is 17.2. The third kappa shape index (κ3) is 3.19. The molecule has 3 aromatic rings. The van der Waals surface area contributed by atoms with E-state index in [1.165, 1.54) is 40.6 Å². The molecule has 3 rings (SSSR count). The van der Waals surface area contributed by atoms with Gasteiger partial charge in [-0.2, -0.15) is 9.40 Å². The van der Waals surface area contributed by atoms with E-state index in [1.807, 2.05) is 0 Å². The van der Waals surface area contributed by atoms with Gasteiger partial charge in [-0.1, -0.05) is 12.1 Å². The third-order valence-corrected chi connectivity index (χ3v) is 5.28. The van der Waals surface area contributed by atoms with E-state index in [0.717, 1.165) is 5.56 Å². The Morgan fingerprint density at radius 1 is 1.17 bits per heavy atom. The maximum atomic E-state index is 13.8. The molecule has 0 atom stereocenters. The molecular formula is C16H15FN4O2S. The smallest absolute Gasteiger partial charge is 0.246 e. The number of sulfonamides is 1. The van der Waals surface area contributed by atoms with Crippen molar-refractivity contribution in [3.63, 3.8) is 0 Å². The first-order valence-corrected chi connectivity index (χ1v) is 8.57. The van der Waals surface area contributed by atoms with Crippen molar-refractivity contribution < 1.29 is 12.8 Å². The van der Waals surface area contributed by atoms with E-state index >= 15 is 0 Å². The van der Waals surface area contributed by atoms with Gasteiger partial charge in [0.25, 0.3) is 0 Å². The summed E-state index contributed by atoms with van der Waals surface area (Å²) in [6.07, 6.45) is 5.72. The quantitative estimate of drug-likeness (QED) is 0.710. The highest BCUT2D eigenvalue weighted by molar-refractivity contribution is 7.89. The summed E-state index contributed by atoms with van der Waals surface area (Å²) >= 11 is 0. The number of rotatable bonds is 5. The summed E-state index contributed by atoms with van der Waals surface area (Å²) in [6.45, 7) is 0.204. The fourth-order valence-electron chi connectivity index (χ4n) is 2.22. The number of pyridine rings is 1. The van der Waals surface area contributed by atoms with E-state index in [0.29, 0.717) is 0 Å². The van der Waals surface area contributed by atoms with Crippen molar-refractivity contribution in [3.05, 3.63) is 72.6 Å². The molecule has 0 saturated carbocycles. The molecule has 0 spiro atoms. The molecule has 8 heteroatoms. The van der Waals surface area contributed by atoms with Crippen LogP contribution in [-0.4, -0.2) is 34.5 Å². The Labute approximate surface area is 139 Å². The van der Waals surface area contributed by atoms with Crippen LogP contribution in [0.3, 0.4) is 0 Å². The molecule has 0 amide bonds. The molecule has 2 aromatic heterocycles. The molecule has 0 aliphatic heterocycles. The Morgan fingerprint density at radius 3 is 2.58 bits per heavy atom. The van der Waals surface area contributed by atoms with Crippen LogP contribution in [0.15, 0.2) is 66.1 Å². The number of para-hydroxylation sites is 1. The number of nitrogens with zero attached hydrogens (tertiary/aromatic N) is 4. The van der Waals surface area contributed by atoms with Gasteiger partial charge in [-0.25, -0.2) is 17.5 Å². The molecule has 0 saturated heterocycles. The largest absolute Gasteiger partial charge is 0.265 e. The van der Waals surface area contributed by atoms with Crippen LogP contribution < -0.4 is 0 Å². The summed E-state index contributed by atoms with van der Waals surface area (Å²) in [6, 6.07) is 9.52. The molecule has 24 heavy (non-hydrogen) atoms. The lowest BCUT2D eigenvalue weighted by Crippen LogP contribution is -2.26. The van der Waals surface area contributed by atoms with Crippen molar-refractivity contribution in [2.75, 3.05) is 7.05 Å². The van der Waals surface area contributed by atoms with Gasteiger partial charge >= 0.3 is 0 Å². The summed E-state index contributed by atoms with van der Waals surface area (Å²) in [5.74, 6) is -0.477. The second-order valence-corrected chi connectivity index (χ2v) is 7.23. The number of halogens is 1. The first kappa shape index (κ1) is 16.3. The molecule has 6 nitrogen and oxygen atoms in total. The van der Waals surface area contributed by atoms with Crippen molar-refractivity contribution >= 4 is 10.0 Å². The number of hydrogen-bond acceptors (Lipinski definition) is 4. The Bertz CT molecular complexity index is 941. The first-order valence-electron chi connectivity index (χ1n) is 7.13. The first-order chi connectivity index (χ1) is 11.5. The Morgan fingerprint density at radius 2 is 1.88 bits per heavy atom. The Hall–Kier alpha value is -2.58. The van der Waals surface area contributed by atoms with E-state index < -0.39 is 15.8 Å². The molecule has 0 fully saturated rings. The highest BCUT2D eigenvalue weighted by Gasteiger charge is 2.23. The van der Waals surface area contributed by atoms with Crippen LogP contribution in [0.1, 0.15) is 5.56 Å². The fraction of sp³-hybridized carbons (Fsp3) is 0.125. The van der Waals surface area contributed by atoms with Crippen molar-refractivity contribution in [2.45, 2.75) is 11.4 Å². The maximum absolute atomic E-state index is 13.8. The lowest BCUT2D eigenvalue weighted by Gasteiger charge is -2.15. The Balaban J connectivity index is 1.87. The van der Waals surface area contributed by atoms with Crippen LogP contribution in [0, 0.1) is 5.82 Å². The van der Waals surface area contributed by atoms with Gasteiger partial charge in [0.1, 0.15) is 16.4 Å². The van der Waals surface area contributed by atoms with Crippen molar-refractivity contribution in [2.24, 2.45) is 0 Å². The van der Waals surface area contributed by atoms with E-state index in [2.05, 4.69) is 10.1 Å². The average molecular weight is 346 g/mol. The molecular weight excluding hydrogens is 331 g/mol. The van der Waals surface area contributed by atoms with Gasteiger partial charge in [0.2, 0.25) is 10.0 Å². The summed E-state index contributed by atoms with van der Waals surface area (Å²) in [7, 11) is -2.25. The van der Waals surface area contributed by atoms with Gasteiger partial charge in [0.05, 0.1) is 12.4 Å². The van der Waals surface area contributed by atoms with Gasteiger partial charge in [-0.15, -0.1) is 0 Å². The van der Waals surface area contributed by atoms with Crippen LogP contribution in [0.25, 0.3) is 5.69 Å². The summed E-state index contributed by atoms with van der Waals surface area (Å²) in [5, 5.41) is 3.96. The second kappa shape index (κ2) is 6.50. The van der Waals surface area contributed by atoms with Gasteiger partial charge in [0, 0.05) is 26.0 Å². The average Bonchev–Trinajstić information content (AvgIpc) is 3.06. The minimum atomic E-state index is -3.73. The van der Waals surface area contributed by atoms with Crippen molar-refractivity contribution in [3.8, 4) is 5.69 Å². The van der Waals surface area contributed by atoms with Crippen LogP contribution in [0.2, 0.25) is 0 Å². The molecule has 0 N–H and O–H groups in total. The molecule has 0 radical (unpaired) electrons. The van der Waals surface area contributed by atoms with E-state index in [-0.39, 0.29) is 17.1 Å². The van der Waals surface area contributed by atoms with Crippen LogP contribution in [0.5, 0.6) is 0 Å². The monoisotopic (exact) mass is 346 g/mol. The lowest BCUT2D eigenvalue weighted by molar-refractivity contribution is 0.466. The molecule has 124 valence electrons. The van der Waals surface area contributed by atoms with Crippen LogP contribution in [0.4, 0.5) is 4.39 Å². The fourth-order valence-corrected chi connectivity index (χ4v) is 3.31. The standard InChI is InChI=1S/C16H15FN4O2S/c1-20(11-13-6-8-18-9-7-13)24(22,23)14-10-19-21(12-14)16-5-3-2-4-15(16)17/h2-10,12H,11H2,1H3. The molecule has 0 aliphatic carbocycles. The highest BCUT2D eigenvalue weighted by atomic mass is 32.2. The maximum Gasteiger partial charge on any atom is 0.246 e. The normalized spacial score (nSPS) is 11.8. The second-order valence-electron chi connectivity index (χ2n) is 5.19. The zero-order valence-electron chi connectivity index (χ0n) is 12.9. The summed E-state index contributed by atoms with van der Waals surface area (Å²) in [5.41, 5.74) is 1.01. The third-order valence-electron chi connectivity index (χ3n) is 3.52. The van der Waals surface area contributed by atoms with E-state index in [9.17, 15) is 12.8 Å². The number of hydrogen-bond donors (Lipinski definition) is 0. The molecule has 0 unspecified atom stereocenters. The highest BCUT2D eigenvalue weighted by Crippen LogP contribution is 2.19. The summed E-state index contributed by atoms with van der Waals surface area (Å²) < 4.78 is 41.5. The zero-order valence-corrected chi connectivity index (χ0v) is 13.7. The molecule has 0 bridgehead atoms. The molecule has 1 aromatic carbocycles. The predicted molar refractivity (Wildman–Crippen MR) is 86.4 cm³/mol. The SMILES string of the molecule is CN(Cc1ccncc1)S(=O)(=O)c1cnn(-c2ccccc2F)c1. The predicted octanol–water partition coefficient (Wildman–Crippen LogP) is 2.23. The van der Waals surface area contributed by atoms with Crippen molar-refractivity contribution in [1.29, 1.82) is 0 Å². The number of benzene rings is 1. The molecule has 2 heterocycles. The molecule has 0 aliphatic rings. The van der Waals surface area contributed by atoms with E-state index in [1.54, 1.807) is 36.7 Å². The van der Waals surface area contributed by atoms with Gasteiger partial charge in [-0.05, 0) is 29.8 Å².